The van der Waals surface area contributed by atoms with Crippen molar-refractivity contribution < 1.29 is 13.9 Å². The van der Waals surface area contributed by atoms with Crippen molar-refractivity contribution in [1.82, 2.24) is 0 Å². The smallest absolute Gasteiger partial charge is 0.231 e. The molecule has 1 heterocycles. The van der Waals surface area contributed by atoms with Crippen LogP contribution in [-0.4, -0.2) is 13.5 Å². The quantitative estimate of drug-likeness (QED) is 0.753. The molecule has 0 aromatic heterocycles. The van der Waals surface area contributed by atoms with Crippen LogP contribution in [0.25, 0.3) is 0 Å². The molecule has 0 amide bonds. The van der Waals surface area contributed by atoms with Gasteiger partial charge in [0.05, 0.1) is 6.04 Å². The summed E-state index contributed by atoms with van der Waals surface area (Å²) >= 11 is 0. The van der Waals surface area contributed by atoms with Crippen molar-refractivity contribution >= 4 is 0 Å². The van der Waals surface area contributed by atoms with E-state index in [-0.39, 0.29) is 6.79 Å². The molecule has 0 unspecified atom stereocenters. The van der Waals surface area contributed by atoms with Crippen molar-refractivity contribution in [3.05, 3.63) is 23.8 Å². The third-order valence-corrected chi connectivity index (χ3v) is 1.99. The molecule has 1 aliphatic rings. The first-order valence-electron chi connectivity index (χ1n) is 4.03. The van der Waals surface area contributed by atoms with Crippen LogP contribution in [0.3, 0.4) is 0 Å². The van der Waals surface area contributed by atoms with Gasteiger partial charge < -0.3 is 15.2 Å². The molecule has 1 atom stereocenters. The molecule has 0 bridgehead atoms. The van der Waals surface area contributed by atoms with Gasteiger partial charge in [0.1, 0.15) is 6.67 Å². The Balaban J connectivity index is 2.41. The van der Waals surface area contributed by atoms with Gasteiger partial charge in [-0.3, -0.25) is 0 Å². The van der Waals surface area contributed by atoms with E-state index in [1.807, 2.05) is 0 Å². The summed E-state index contributed by atoms with van der Waals surface area (Å²) < 4.78 is 22.6. The summed E-state index contributed by atoms with van der Waals surface area (Å²) in [6, 6.07) is 4.67. The normalized spacial score (nSPS) is 15.8. The third kappa shape index (κ3) is 1.33. The van der Waals surface area contributed by atoms with Crippen LogP contribution in [0.15, 0.2) is 18.2 Å². The monoisotopic (exact) mass is 183 g/mol. The Bertz CT molecular complexity index is 316. The van der Waals surface area contributed by atoms with Gasteiger partial charge in [-0.25, -0.2) is 4.39 Å². The zero-order chi connectivity index (χ0) is 9.26. The van der Waals surface area contributed by atoms with Crippen LogP contribution < -0.4 is 15.2 Å². The molecule has 13 heavy (non-hydrogen) atoms. The van der Waals surface area contributed by atoms with Gasteiger partial charge in [-0.1, -0.05) is 12.1 Å². The fourth-order valence-electron chi connectivity index (χ4n) is 1.33. The fourth-order valence-corrected chi connectivity index (χ4v) is 1.33. The van der Waals surface area contributed by atoms with Gasteiger partial charge in [0.25, 0.3) is 0 Å². The molecule has 2 rings (SSSR count). The second kappa shape index (κ2) is 3.22. The van der Waals surface area contributed by atoms with Crippen LogP contribution in [0, 0.1) is 0 Å². The average molecular weight is 183 g/mol. The predicted octanol–water partition coefficient (Wildman–Crippen LogP) is 1.38. The van der Waals surface area contributed by atoms with Crippen LogP contribution in [0.4, 0.5) is 4.39 Å². The van der Waals surface area contributed by atoms with E-state index in [0.29, 0.717) is 17.1 Å². The van der Waals surface area contributed by atoms with E-state index in [4.69, 9.17) is 15.2 Å². The van der Waals surface area contributed by atoms with Gasteiger partial charge in [0.15, 0.2) is 11.5 Å². The predicted molar refractivity (Wildman–Crippen MR) is 45.5 cm³/mol. The van der Waals surface area contributed by atoms with Crippen molar-refractivity contribution in [2.24, 2.45) is 5.73 Å². The van der Waals surface area contributed by atoms with Crippen molar-refractivity contribution in [2.45, 2.75) is 6.04 Å². The summed E-state index contributed by atoms with van der Waals surface area (Å²) in [5.74, 6) is 1.22. The number of nitrogens with two attached hydrogens (primary N) is 1. The Labute approximate surface area is 75.3 Å². The number of ether oxygens (including phenoxy) is 2. The molecule has 0 radical (unpaired) electrons. The van der Waals surface area contributed by atoms with Crippen LogP contribution in [0.1, 0.15) is 11.6 Å². The zero-order valence-corrected chi connectivity index (χ0v) is 7.00. The Hall–Kier alpha value is -1.29. The van der Waals surface area contributed by atoms with Crippen LogP contribution in [0.2, 0.25) is 0 Å². The third-order valence-electron chi connectivity index (χ3n) is 1.99. The maximum atomic E-state index is 12.3. The van der Waals surface area contributed by atoms with E-state index in [1.165, 1.54) is 0 Å². The molecule has 3 nitrogen and oxygen atoms in total. The zero-order valence-electron chi connectivity index (χ0n) is 7.00. The highest BCUT2D eigenvalue weighted by Crippen LogP contribution is 2.37. The largest absolute Gasteiger partial charge is 0.454 e. The van der Waals surface area contributed by atoms with Crippen molar-refractivity contribution in [3.8, 4) is 11.5 Å². The highest BCUT2D eigenvalue weighted by molar-refractivity contribution is 5.49. The van der Waals surface area contributed by atoms with Gasteiger partial charge in [-0.05, 0) is 6.07 Å². The first-order valence-corrected chi connectivity index (χ1v) is 4.03. The molecular formula is C9H10FNO2. The Morgan fingerprint density at radius 1 is 1.46 bits per heavy atom. The van der Waals surface area contributed by atoms with Crippen LogP contribution >= 0.6 is 0 Å². The minimum Gasteiger partial charge on any atom is -0.454 e. The summed E-state index contributed by atoms with van der Waals surface area (Å²) in [6.45, 7) is -0.412. The summed E-state index contributed by atoms with van der Waals surface area (Å²) in [4.78, 5) is 0. The van der Waals surface area contributed by atoms with E-state index in [9.17, 15) is 4.39 Å². The molecule has 0 aliphatic carbocycles. The lowest BCUT2D eigenvalue weighted by molar-refractivity contribution is 0.172. The lowest BCUT2D eigenvalue weighted by Gasteiger charge is -2.09. The Morgan fingerprint density at radius 3 is 3.08 bits per heavy atom. The second-order valence-electron chi connectivity index (χ2n) is 2.84. The minimum absolute atomic E-state index is 0.186. The second-order valence-corrected chi connectivity index (χ2v) is 2.84. The lowest BCUT2D eigenvalue weighted by atomic mass is 10.1. The topological polar surface area (TPSA) is 44.5 Å². The molecule has 1 aliphatic heterocycles. The molecule has 2 N–H and O–H groups in total. The van der Waals surface area contributed by atoms with E-state index in [2.05, 4.69) is 0 Å². The van der Waals surface area contributed by atoms with Crippen LogP contribution in [-0.2, 0) is 0 Å². The molecule has 1 aromatic carbocycles. The first kappa shape index (κ1) is 8.31. The van der Waals surface area contributed by atoms with Gasteiger partial charge in [0.2, 0.25) is 6.79 Å². The maximum Gasteiger partial charge on any atom is 0.231 e. The van der Waals surface area contributed by atoms with Gasteiger partial charge >= 0.3 is 0 Å². The van der Waals surface area contributed by atoms with Crippen LogP contribution in [0.5, 0.6) is 11.5 Å². The molecule has 0 saturated heterocycles. The highest BCUT2D eigenvalue weighted by Gasteiger charge is 2.20. The molecule has 70 valence electrons. The van der Waals surface area contributed by atoms with E-state index in [0.717, 1.165) is 0 Å². The fraction of sp³-hybridized carbons (Fsp3) is 0.333. The minimum atomic E-state index is -0.628. The molecule has 0 spiro atoms. The van der Waals surface area contributed by atoms with Gasteiger partial charge in [0, 0.05) is 5.56 Å². The maximum absolute atomic E-state index is 12.3. The highest BCUT2D eigenvalue weighted by atomic mass is 19.1. The molecule has 4 heteroatoms. The van der Waals surface area contributed by atoms with Crippen molar-refractivity contribution in [2.75, 3.05) is 13.5 Å². The number of para-hydroxylation sites is 1. The van der Waals surface area contributed by atoms with Gasteiger partial charge in [-0.15, -0.1) is 0 Å². The SMILES string of the molecule is N[C@H](CF)c1cccc2c1OCO2. The molecule has 0 saturated carbocycles. The van der Waals surface area contributed by atoms with E-state index < -0.39 is 12.7 Å². The summed E-state index contributed by atoms with van der Waals surface area (Å²) in [6.07, 6.45) is 0. The van der Waals surface area contributed by atoms with Gasteiger partial charge in [-0.2, -0.15) is 0 Å². The number of rotatable bonds is 2. The number of fused-ring (bicyclic) bond motifs is 1. The van der Waals surface area contributed by atoms with Crippen molar-refractivity contribution in [1.29, 1.82) is 0 Å². The Kier molecular flexibility index (Phi) is 2.06. The average Bonchev–Trinajstić information content (AvgIpc) is 2.63. The molecule has 1 aromatic rings. The number of hydrogen-bond acceptors (Lipinski definition) is 3. The summed E-state index contributed by atoms with van der Waals surface area (Å²) in [7, 11) is 0. The molecule has 0 fully saturated rings. The number of hydrogen-bond donors (Lipinski definition) is 1. The summed E-state index contributed by atoms with van der Waals surface area (Å²) in [5.41, 5.74) is 6.22. The lowest BCUT2D eigenvalue weighted by Crippen LogP contribution is -2.12. The standard InChI is InChI=1S/C9H10FNO2/c10-4-7(11)6-2-1-3-8-9(6)13-5-12-8/h1-3,7H,4-5,11H2/t7-/m1/s1. The first-order chi connectivity index (χ1) is 6.33. The number of alkyl halides is 1. The van der Waals surface area contributed by atoms with E-state index >= 15 is 0 Å². The number of benzene rings is 1. The summed E-state index contributed by atoms with van der Waals surface area (Å²) in [5, 5.41) is 0. The molecular weight excluding hydrogens is 173 g/mol. The number of halogens is 1. The Morgan fingerprint density at radius 2 is 2.31 bits per heavy atom. The van der Waals surface area contributed by atoms with Crippen molar-refractivity contribution in [3.63, 3.8) is 0 Å². The van der Waals surface area contributed by atoms with E-state index in [1.54, 1.807) is 18.2 Å².